The SMILES string of the molecule is CC1CN(C(=O)c2ccc[nH]2)CC1CNc1nc2ccccc2c(=O)[nH]1. The van der Waals surface area contributed by atoms with E-state index >= 15 is 0 Å². The summed E-state index contributed by atoms with van der Waals surface area (Å²) >= 11 is 0. The van der Waals surface area contributed by atoms with Crippen LogP contribution in [0.5, 0.6) is 0 Å². The van der Waals surface area contributed by atoms with Crippen molar-refractivity contribution >= 4 is 22.8 Å². The lowest BCUT2D eigenvalue weighted by Crippen LogP contribution is -2.30. The molecule has 1 fully saturated rings. The van der Waals surface area contributed by atoms with Gasteiger partial charge in [-0.15, -0.1) is 0 Å². The third-order valence-corrected chi connectivity index (χ3v) is 5.03. The summed E-state index contributed by atoms with van der Waals surface area (Å²) in [6.45, 7) is 4.21. The van der Waals surface area contributed by atoms with E-state index in [0.717, 1.165) is 6.54 Å². The molecule has 3 N–H and O–H groups in total. The van der Waals surface area contributed by atoms with Crippen LogP contribution >= 0.6 is 0 Å². The van der Waals surface area contributed by atoms with Gasteiger partial charge in [0.05, 0.1) is 10.9 Å². The quantitative estimate of drug-likeness (QED) is 0.671. The van der Waals surface area contributed by atoms with Crippen LogP contribution in [-0.2, 0) is 0 Å². The van der Waals surface area contributed by atoms with Crippen molar-refractivity contribution in [2.45, 2.75) is 6.92 Å². The maximum Gasteiger partial charge on any atom is 0.270 e. The molecule has 7 nitrogen and oxygen atoms in total. The summed E-state index contributed by atoms with van der Waals surface area (Å²) in [6, 6.07) is 10.9. The highest BCUT2D eigenvalue weighted by Crippen LogP contribution is 2.24. The van der Waals surface area contributed by atoms with E-state index in [0.29, 0.717) is 47.5 Å². The second kappa shape index (κ2) is 6.67. The van der Waals surface area contributed by atoms with E-state index in [1.54, 1.807) is 18.3 Å². The average molecular weight is 351 g/mol. The number of hydrogen-bond donors (Lipinski definition) is 3. The Balaban J connectivity index is 1.43. The van der Waals surface area contributed by atoms with E-state index in [4.69, 9.17) is 0 Å². The Morgan fingerprint density at radius 2 is 2.12 bits per heavy atom. The first-order valence-corrected chi connectivity index (χ1v) is 8.77. The van der Waals surface area contributed by atoms with Crippen molar-refractivity contribution in [3.8, 4) is 0 Å². The summed E-state index contributed by atoms with van der Waals surface area (Å²) < 4.78 is 0. The number of aromatic amines is 2. The molecule has 0 saturated carbocycles. The lowest BCUT2D eigenvalue weighted by Gasteiger charge is -2.16. The zero-order valence-corrected chi connectivity index (χ0v) is 14.5. The van der Waals surface area contributed by atoms with E-state index in [-0.39, 0.29) is 11.5 Å². The molecular weight excluding hydrogens is 330 g/mol. The Morgan fingerprint density at radius 3 is 2.92 bits per heavy atom. The summed E-state index contributed by atoms with van der Waals surface area (Å²) in [5.41, 5.74) is 1.13. The first kappa shape index (κ1) is 16.4. The van der Waals surface area contributed by atoms with Gasteiger partial charge >= 0.3 is 0 Å². The van der Waals surface area contributed by atoms with Crippen LogP contribution < -0.4 is 10.9 Å². The number of carbonyl (C=O) groups is 1. The number of para-hydroxylation sites is 1. The molecule has 26 heavy (non-hydrogen) atoms. The highest BCUT2D eigenvalue weighted by molar-refractivity contribution is 5.92. The van der Waals surface area contributed by atoms with E-state index in [2.05, 4.69) is 27.2 Å². The molecule has 134 valence electrons. The second-order valence-electron chi connectivity index (χ2n) is 6.84. The van der Waals surface area contributed by atoms with Crippen molar-refractivity contribution < 1.29 is 4.79 Å². The summed E-state index contributed by atoms with van der Waals surface area (Å²) in [7, 11) is 0. The Morgan fingerprint density at radius 1 is 1.27 bits per heavy atom. The van der Waals surface area contributed by atoms with Crippen molar-refractivity contribution in [2.24, 2.45) is 11.8 Å². The number of hydrogen-bond acceptors (Lipinski definition) is 4. The van der Waals surface area contributed by atoms with Gasteiger partial charge in [0.15, 0.2) is 0 Å². The number of fused-ring (bicyclic) bond motifs is 1. The Bertz CT molecular complexity index is 979. The number of nitrogens with zero attached hydrogens (tertiary/aromatic N) is 2. The zero-order valence-electron chi connectivity index (χ0n) is 14.5. The van der Waals surface area contributed by atoms with Crippen LogP contribution in [-0.4, -0.2) is 45.4 Å². The maximum atomic E-state index is 12.5. The molecule has 3 aromatic rings. The standard InChI is InChI=1S/C19H21N5O2/c1-12-10-24(18(26)16-7-4-8-20-16)11-13(12)9-21-19-22-15-6-3-2-5-14(15)17(25)23-19/h2-8,12-13,20H,9-11H2,1H3,(H2,21,22,23,25). The number of amides is 1. The molecule has 3 heterocycles. The molecule has 1 aromatic carbocycles. The predicted octanol–water partition coefficient (Wildman–Crippen LogP) is 2.07. The van der Waals surface area contributed by atoms with E-state index < -0.39 is 0 Å². The van der Waals surface area contributed by atoms with Crippen LogP contribution in [0.25, 0.3) is 10.9 Å². The smallest absolute Gasteiger partial charge is 0.270 e. The first-order valence-electron chi connectivity index (χ1n) is 8.77. The number of benzene rings is 1. The number of H-pyrrole nitrogens is 2. The molecule has 0 radical (unpaired) electrons. The Kier molecular flexibility index (Phi) is 4.20. The fourth-order valence-corrected chi connectivity index (χ4v) is 3.50. The van der Waals surface area contributed by atoms with Crippen LogP contribution in [0.4, 0.5) is 5.95 Å². The normalized spacial score (nSPS) is 19.8. The summed E-state index contributed by atoms with van der Waals surface area (Å²) in [6.07, 6.45) is 1.76. The predicted molar refractivity (Wildman–Crippen MR) is 100 cm³/mol. The molecular formula is C19H21N5O2. The Labute approximate surface area is 150 Å². The van der Waals surface area contributed by atoms with Crippen molar-refractivity contribution in [3.63, 3.8) is 0 Å². The van der Waals surface area contributed by atoms with Gasteiger partial charge in [-0.05, 0) is 36.1 Å². The van der Waals surface area contributed by atoms with Gasteiger partial charge in [-0.3, -0.25) is 14.6 Å². The first-order chi connectivity index (χ1) is 12.6. The second-order valence-corrected chi connectivity index (χ2v) is 6.84. The molecule has 0 bridgehead atoms. The summed E-state index contributed by atoms with van der Waals surface area (Å²) in [4.78, 5) is 36.7. The number of likely N-dealkylation sites (tertiary alicyclic amines) is 1. The monoisotopic (exact) mass is 351 g/mol. The number of aromatic nitrogens is 3. The van der Waals surface area contributed by atoms with Crippen LogP contribution in [0.15, 0.2) is 47.4 Å². The van der Waals surface area contributed by atoms with Crippen molar-refractivity contribution in [1.82, 2.24) is 19.9 Å². The number of carbonyl (C=O) groups excluding carboxylic acids is 1. The van der Waals surface area contributed by atoms with Gasteiger partial charge in [0, 0.05) is 25.8 Å². The fraction of sp³-hybridized carbons (Fsp3) is 0.316. The molecule has 2 aromatic heterocycles. The van der Waals surface area contributed by atoms with Crippen LogP contribution in [0, 0.1) is 11.8 Å². The third kappa shape index (κ3) is 3.08. The molecule has 2 unspecified atom stereocenters. The minimum absolute atomic E-state index is 0.0292. The lowest BCUT2D eigenvalue weighted by molar-refractivity contribution is 0.0779. The zero-order chi connectivity index (χ0) is 18.1. The maximum absolute atomic E-state index is 12.5. The van der Waals surface area contributed by atoms with Crippen molar-refractivity contribution in [3.05, 3.63) is 58.6 Å². The van der Waals surface area contributed by atoms with E-state index in [9.17, 15) is 9.59 Å². The molecule has 0 spiro atoms. The highest BCUT2D eigenvalue weighted by atomic mass is 16.2. The van der Waals surface area contributed by atoms with Crippen LogP contribution in [0.2, 0.25) is 0 Å². The average Bonchev–Trinajstić information content (AvgIpc) is 3.29. The number of rotatable bonds is 4. The van der Waals surface area contributed by atoms with Crippen LogP contribution in [0.3, 0.4) is 0 Å². The van der Waals surface area contributed by atoms with Crippen LogP contribution in [0.1, 0.15) is 17.4 Å². The minimum Gasteiger partial charge on any atom is -0.357 e. The lowest BCUT2D eigenvalue weighted by atomic mass is 9.98. The molecule has 1 aliphatic heterocycles. The fourth-order valence-electron chi connectivity index (χ4n) is 3.50. The van der Waals surface area contributed by atoms with Gasteiger partial charge in [0.1, 0.15) is 5.69 Å². The molecule has 2 atom stereocenters. The van der Waals surface area contributed by atoms with Gasteiger partial charge < -0.3 is 15.2 Å². The largest absolute Gasteiger partial charge is 0.357 e. The van der Waals surface area contributed by atoms with Gasteiger partial charge in [-0.2, -0.15) is 0 Å². The molecule has 4 rings (SSSR count). The third-order valence-electron chi connectivity index (χ3n) is 5.03. The molecule has 7 heteroatoms. The van der Waals surface area contributed by atoms with Crippen molar-refractivity contribution in [1.29, 1.82) is 0 Å². The minimum atomic E-state index is -0.152. The molecule has 1 saturated heterocycles. The highest BCUT2D eigenvalue weighted by Gasteiger charge is 2.33. The van der Waals surface area contributed by atoms with E-state index in [1.165, 1.54) is 0 Å². The van der Waals surface area contributed by atoms with Gasteiger partial charge in [-0.1, -0.05) is 19.1 Å². The summed E-state index contributed by atoms with van der Waals surface area (Å²) in [5, 5.41) is 3.81. The van der Waals surface area contributed by atoms with Gasteiger partial charge in [0.2, 0.25) is 5.95 Å². The topological polar surface area (TPSA) is 93.9 Å². The van der Waals surface area contributed by atoms with Gasteiger partial charge in [0.25, 0.3) is 11.5 Å². The van der Waals surface area contributed by atoms with Crippen molar-refractivity contribution in [2.75, 3.05) is 25.0 Å². The Hall–Kier alpha value is -3.09. The number of nitrogens with one attached hydrogen (secondary N) is 3. The number of anilines is 1. The molecule has 1 aliphatic rings. The molecule has 1 amide bonds. The molecule has 0 aliphatic carbocycles. The van der Waals surface area contributed by atoms with E-state index in [1.807, 2.05) is 29.2 Å². The van der Waals surface area contributed by atoms with Gasteiger partial charge in [-0.25, -0.2) is 4.98 Å². The summed E-state index contributed by atoms with van der Waals surface area (Å²) in [5.74, 6) is 1.16.